The number of nitrogens with one attached hydrogen (secondary N) is 2. The van der Waals surface area contributed by atoms with Gasteiger partial charge in [-0.1, -0.05) is 11.6 Å². The van der Waals surface area contributed by atoms with Gasteiger partial charge < -0.3 is 4.98 Å². The Balaban J connectivity index is 1.59. The average Bonchev–Trinajstić information content (AvgIpc) is 3.21. The maximum absolute atomic E-state index is 12.3. The molecule has 2 N–H and O–H groups in total. The van der Waals surface area contributed by atoms with Crippen LogP contribution >= 0.6 is 11.6 Å². The topological polar surface area (TPSA) is 79.4 Å². The number of hydrogen-bond donors (Lipinski definition) is 2. The number of hydrogen-bond acceptors (Lipinski definition) is 3. The van der Waals surface area contributed by atoms with Crippen molar-refractivity contribution >= 4 is 33.8 Å². The molecule has 0 saturated heterocycles. The summed E-state index contributed by atoms with van der Waals surface area (Å²) >= 11 is 6.03. The lowest BCUT2D eigenvalue weighted by molar-refractivity contribution is 1.02. The summed E-state index contributed by atoms with van der Waals surface area (Å²) in [4.78, 5) is 27.1. The molecule has 0 atom stereocenters. The van der Waals surface area contributed by atoms with Gasteiger partial charge in [-0.25, -0.2) is 14.8 Å². The van der Waals surface area contributed by atoms with Crippen LogP contribution in [-0.2, 0) is 0 Å². The maximum atomic E-state index is 12.3. The Morgan fingerprint density at radius 3 is 2.69 bits per heavy atom. The summed E-state index contributed by atoms with van der Waals surface area (Å²) in [6, 6.07) is 16.8. The van der Waals surface area contributed by atoms with Gasteiger partial charge in [0.25, 0.3) is 0 Å². The number of halogens is 1. The van der Waals surface area contributed by atoms with E-state index in [9.17, 15) is 4.79 Å². The molecule has 5 aromatic rings. The van der Waals surface area contributed by atoms with Crippen LogP contribution in [-0.4, -0.2) is 24.5 Å². The van der Waals surface area contributed by atoms with Crippen LogP contribution in [0.2, 0.25) is 5.02 Å². The predicted octanol–water partition coefficient (Wildman–Crippen LogP) is 3.91. The van der Waals surface area contributed by atoms with Crippen molar-refractivity contribution in [3.8, 4) is 17.1 Å². The van der Waals surface area contributed by atoms with Crippen molar-refractivity contribution in [2.45, 2.75) is 0 Å². The lowest BCUT2D eigenvalue weighted by atomic mass is 10.2. The third-order valence-electron chi connectivity index (χ3n) is 4.30. The number of imidazole rings is 2. The Morgan fingerprint density at radius 1 is 1.00 bits per heavy atom. The van der Waals surface area contributed by atoms with E-state index < -0.39 is 0 Å². The largest absolute Gasteiger partial charge is 0.338 e. The fourth-order valence-electron chi connectivity index (χ4n) is 3.08. The van der Waals surface area contributed by atoms with E-state index in [1.807, 2.05) is 48.5 Å². The summed E-state index contributed by atoms with van der Waals surface area (Å²) in [5, 5.41) is 0.662. The number of H-pyrrole nitrogens is 2. The van der Waals surface area contributed by atoms with Crippen LogP contribution in [0.1, 0.15) is 0 Å². The monoisotopic (exact) mass is 361 g/mol. The molecule has 0 saturated carbocycles. The van der Waals surface area contributed by atoms with Gasteiger partial charge in [-0.05, 0) is 54.6 Å². The molecule has 0 radical (unpaired) electrons. The van der Waals surface area contributed by atoms with Crippen molar-refractivity contribution in [1.82, 2.24) is 24.5 Å². The Kier molecular flexibility index (Phi) is 3.20. The summed E-state index contributed by atoms with van der Waals surface area (Å²) < 4.78 is 1.60. The van der Waals surface area contributed by atoms with Crippen LogP contribution in [0.3, 0.4) is 0 Å². The highest BCUT2D eigenvalue weighted by Gasteiger charge is 2.10. The van der Waals surface area contributed by atoms with Gasteiger partial charge in [0.05, 0.1) is 22.2 Å². The predicted molar refractivity (Wildman–Crippen MR) is 102 cm³/mol. The molecular formula is C19H12ClN5O. The van der Waals surface area contributed by atoms with Crippen LogP contribution in [0.4, 0.5) is 0 Å². The molecule has 0 bridgehead atoms. The molecule has 0 aliphatic rings. The van der Waals surface area contributed by atoms with E-state index >= 15 is 0 Å². The van der Waals surface area contributed by atoms with Crippen molar-refractivity contribution < 1.29 is 0 Å². The van der Waals surface area contributed by atoms with E-state index in [0.717, 1.165) is 33.6 Å². The highest BCUT2D eigenvalue weighted by Crippen LogP contribution is 2.24. The van der Waals surface area contributed by atoms with Gasteiger partial charge in [0.2, 0.25) is 0 Å². The summed E-state index contributed by atoms with van der Waals surface area (Å²) in [6.07, 6.45) is 1.65. The van der Waals surface area contributed by atoms with Gasteiger partial charge >= 0.3 is 5.69 Å². The van der Waals surface area contributed by atoms with Gasteiger partial charge in [0, 0.05) is 16.8 Å². The Hall–Kier alpha value is -3.38. The molecule has 0 aliphatic carbocycles. The summed E-state index contributed by atoms with van der Waals surface area (Å²) in [7, 11) is 0. The second kappa shape index (κ2) is 5.57. The number of fused-ring (bicyclic) bond motifs is 2. The number of pyridine rings is 1. The third kappa shape index (κ3) is 2.31. The van der Waals surface area contributed by atoms with E-state index in [-0.39, 0.29) is 5.69 Å². The zero-order valence-corrected chi connectivity index (χ0v) is 14.2. The lowest BCUT2D eigenvalue weighted by Gasteiger charge is -2.04. The highest BCUT2D eigenvalue weighted by molar-refractivity contribution is 6.31. The second-order valence-electron chi connectivity index (χ2n) is 5.93. The lowest BCUT2D eigenvalue weighted by Crippen LogP contribution is -2.14. The van der Waals surface area contributed by atoms with E-state index in [4.69, 9.17) is 11.6 Å². The van der Waals surface area contributed by atoms with Crippen LogP contribution in [0.15, 0.2) is 65.6 Å². The molecule has 26 heavy (non-hydrogen) atoms. The Bertz CT molecular complexity index is 1310. The summed E-state index contributed by atoms with van der Waals surface area (Å²) in [5.41, 5.74) is 4.51. The van der Waals surface area contributed by atoms with Gasteiger partial charge in [0.1, 0.15) is 5.82 Å². The molecule has 3 heterocycles. The van der Waals surface area contributed by atoms with Crippen molar-refractivity contribution in [2.75, 3.05) is 0 Å². The minimum atomic E-state index is -0.218. The number of rotatable bonds is 2. The molecule has 0 spiro atoms. The molecule has 3 aromatic heterocycles. The fourth-order valence-corrected chi connectivity index (χ4v) is 3.26. The van der Waals surface area contributed by atoms with Crippen LogP contribution in [0.5, 0.6) is 0 Å². The first-order valence-corrected chi connectivity index (χ1v) is 8.39. The van der Waals surface area contributed by atoms with E-state index in [0.29, 0.717) is 10.7 Å². The standard InChI is InChI=1S/C19H12ClN5O/c20-12-5-8-14-15(10-12)23-17(22-14)11-3-6-13(7-4-11)25-16-2-1-9-21-18(16)24-19(25)26/h1-10H,(H,22,23)(H,21,24,26). The number of aromatic amines is 2. The molecule has 5 rings (SSSR count). The first-order chi connectivity index (χ1) is 12.7. The molecule has 126 valence electrons. The molecule has 7 heteroatoms. The fraction of sp³-hybridized carbons (Fsp3) is 0. The van der Waals surface area contributed by atoms with Crippen LogP contribution in [0.25, 0.3) is 39.3 Å². The molecular weight excluding hydrogens is 350 g/mol. The zero-order valence-electron chi connectivity index (χ0n) is 13.4. The van der Waals surface area contributed by atoms with Gasteiger partial charge in [-0.2, -0.15) is 0 Å². The number of aromatic nitrogens is 5. The van der Waals surface area contributed by atoms with E-state index in [1.165, 1.54) is 0 Å². The second-order valence-corrected chi connectivity index (χ2v) is 6.37. The SMILES string of the molecule is O=c1[nH]c2ncccc2n1-c1ccc(-c2nc3ccc(Cl)cc3[nH]2)cc1. The molecule has 2 aromatic carbocycles. The minimum Gasteiger partial charge on any atom is -0.338 e. The third-order valence-corrected chi connectivity index (χ3v) is 4.53. The highest BCUT2D eigenvalue weighted by atomic mass is 35.5. The minimum absolute atomic E-state index is 0.218. The summed E-state index contributed by atoms with van der Waals surface area (Å²) in [6.45, 7) is 0. The van der Waals surface area contributed by atoms with Gasteiger partial charge in [-0.15, -0.1) is 0 Å². The Morgan fingerprint density at radius 2 is 1.85 bits per heavy atom. The number of nitrogens with zero attached hydrogens (tertiary/aromatic N) is 3. The number of benzene rings is 2. The first-order valence-electron chi connectivity index (χ1n) is 8.01. The summed E-state index contributed by atoms with van der Waals surface area (Å²) in [5.74, 6) is 0.752. The van der Waals surface area contributed by atoms with E-state index in [2.05, 4.69) is 19.9 Å². The van der Waals surface area contributed by atoms with Gasteiger partial charge in [0.15, 0.2) is 5.65 Å². The van der Waals surface area contributed by atoms with E-state index in [1.54, 1.807) is 16.8 Å². The van der Waals surface area contributed by atoms with Crippen LogP contribution < -0.4 is 5.69 Å². The van der Waals surface area contributed by atoms with Crippen molar-refractivity contribution in [3.05, 3.63) is 76.3 Å². The van der Waals surface area contributed by atoms with Crippen LogP contribution in [0, 0.1) is 0 Å². The zero-order chi connectivity index (χ0) is 17.7. The smallest absolute Gasteiger partial charge is 0.332 e. The van der Waals surface area contributed by atoms with Crippen molar-refractivity contribution in [1.29, 1.82) is 0 Å². The molecule has 0 amide bonds. The maximum Gasteiger partial charge on any atom is 0.332 e. The normalized spacial score (nSPS) is 11.4. The molecule has 0 aliphatic heterocycles. The van der Waals surface area contributed by atoms with Crippen molar-refractivity contribution in [3.63, 3.8) is 0 Å². The molecule has 0 fully saturated rings. The molecule has 6 nitrogen and oxygen atoms in total. The van der Waals surface area contributed by atoms with Gasteiger partial charge in [-0.3, -0.25) is 9.55 Å². The van der Waals surface area contributed by atoms with Crippen molar-refractivity contribution in [2.24, 2.45) is 0 Å². The quantitative estimate of drug-likeness (QED) is 0.500. The average molecular weight is 362 g/mol. The first kappa shape index (κ1) is 14.9. The Labute approximate surface area is 152 Å². The molecule has 0 unspecified atom stereocenters.